The van der Waals surface area contributed by atoms with Crippen LogP contribution < -0.4 is 11.1 Å². The van der Waals surface area contributed by atoms with Crippen LogP contribution in [0.1, 0.15) is 26.2 Å². The maximum absolute atomic E-state index is 11.9. The Morgan fingerprint density at radius 3 is 2.53 bits per heavy atom. The summed E-state index contributed by atoms with van der Waals surface area (Å²) < 4.78 is 0. The molecule has 3 heteroatoms. The number of fused-ring (bicyclic) bond motifs is 5. The van der Waals surface area contributed by atoms with Gasteiger partial charge in [-0.1, -0.05) is 0 Å². The molecule has 3 aliphatic carbocycles. The zero-order valence-electron chi connectivity index (χ0n) is 9.28. The molecule has 0 spiro atoms. The van der Waals surface area contributed by atoms with E-state index in [0.29, 0.717) is 12.5 Å². The summed E-state index contributed by atoms with van der Waals surface area (Å²) in [6.07, 6.45) is 4.16. The van der Waals surface area contributed by atoms with E-state index in [4.69, 9.17) is 5.73 Å². The van der Waals surface area contributed by atoms with Gasteiger partial charge in [0.05, 0.1) is 0 Å². The molecule has 0 saturated heterocycles. The van der Waals surface area contributed by atoms with E-state index in [-0.39, 0.29) is 11.9 Å². The van der Waals surface area contributed by atoms with Gasteiger partial charge in [-0.2, -0.15) is 0 Å². The van der Waals surface area contributed by atoms with Crippen LogP contribution in [-0.4, -0.2) is 18.5 Å². The van der Waals surface area contributed by atoms with E-state index < -0.39 is 0 Å². The van der Waals surface area contributed by atoms with Crippen molar-refractivity contribution < 1.29 is 4.79 Å². The molecule has 0 aromatic heterocycles. The first-order valence-corrected chi connectivity index (χ1v) is 6.22. The predicted molar refractivity (Wildman–Crippen MR) is 58.0 cm³/mol. The van der Waals surface area contributed by atoms with Crippen LogP contribution in [0.15, 0.2) is 0 Å². The quantitative estimate of drug-likeness (QED) is 0.719. The van der Waals surface area contributed by atoms with Gasteiger partial charge in [0.25, 0.3) is 0 Å². The van der Waals surface area contributed by atoms with Gasteiger partial charge in [0.2, 0.25) is 5.91 Å². The summed E-state index contributed by atoms with van der Waals surface area (Å²) >= 11 is 0. The van der Waals surface area contributed by atoms with E-state index in [1.807, 2.05) is 6.92 Å². The predicted octanol–water partition coefficient (Wildman–Crippen LogP) is 0.742. The summed E-state index contributed by atoms with van der Waals surface area (Å²) in [7, 11) is 0. The Hall–Kier alpha value is -0.570. The molecule has 0 aromatic carbocycles. The van der Waals surface area contributed by atoms with Gasteiger partial charge >= 0.3 is 0 Å². The topological polar surface area (TPSA) is 55.1 Å². The maximum Gasteiger partial charge on any atom is 0.223 e. The van der Waals surface area contributed by atoms with Crippen LogP contribution in [0.4, 0.5) is 0 Å². The van der Waals surface area contributed by atoms with Crippen LogP contribution in [-0.2, 0) is 4.79 Å². The van der Waals surface area contributed by atoms with Crippen molar-refractivity contribution in [3.63, 3.8) is 0 Å². The standard InChI is InChI=1S/C12H20N2O/c1-6(5-13)14-12(15)11-9-7-2-3-8(4-7)10(9)11/h6-11H,2-5,13H2,1H3,(H,14,15)/t6-,7?,8?,9?,10?,11?/m1/s1. The second-order valence-electron chi connectivity index (χ2n) is 5.66. The van der Waals surface area contributed by atoms with Crippen molar-refractivity contribution in [1.29, 1.82) is 0 Å². The molecule has 3 aliphatic rings. The van der Waals surface area contributed by atoms with E-state index in [1.165, 1.54) is 19.3 Å². The lowest BCUT2D eigenvalue weighted by Gasteiger charge is -2.13. The Labute approximate surface area is 90.8 Å². The summed E-state index contributed by atoms with van der Waals surface area (Å²) in [6.45, 7) is 2.52. The molecule has 0 radical (unpaired) electrons. The summed E-state index contributed by atoms with van der Waals surface area (Å²) in [5, 5.41) is 3.03. The monoisotopic (exact) mass is 208 g/mol. The molecule has 15 heavy (non-hydrogen) atoms. The molecule has 3 nitrogen and oxygen atoms in total. The van der Waals surface area contributed by atoms with Crippen LogP contribution in [0.25, 0.3) is 0 Å². The van der Waals surface area contributed by atoms with Crippen LogP contribution in [0.5, 0.6) is 0 Å². The lowest BCUT2D eigenvalue weighted by Crippen LogP contribution is -2.39. The molecule has 2 bridgehead atoms. The number of amides is 1. The normalized spacial score (nSPS) is 47.5. The molecule has 3 rings (SSSR count). The molecule has 5 atom stereocenters. The van der Waals surface area contributed by atoms with Crippen molar-refractivity contribution in [2.75, 3.05) is 6.54 Å². The smallest absolute Gasteiger partial charge is 0.223 e. The Balaban J connectivity index is 1.60. The number of rotatable bonds is 3. The van der Waals surface area contributed by atoms with Crippen LogP contribution in [0, 0.1) is 29.6 Å². The van der Waals surface area contributed by atoms with Crippen LogP contribution in [0.3, 0.4) is 0 Å². The van der Waals surface area contributed by atoms with Crippen molar-refractivity contribution in [2.45, 2.75) is 32.2 Å². The van der Waals surface area contributed by atoms with Gasteiger partial charge in [-0.15, -0.1) is 0 Å². The Kier molecular flexibility index (Phi) is 2.06. The van der Waals surface area contributed by atoms with Gasteiger partial charge < -0.3 is 11.1 Å². The van der Waals surface area contributed by atoms with Crippen LogP contribution in [0.2, 0.25) is 0 Å². The van der Waals surface area contributed by atoms with Gasteiger partial charge in [-0.25, -0.2) is 0 Å². The second kappa shape index (κ2) is 3.21. The molecular formula is C12H20N2O. The molecule has 0 aliphatic heterocycles. The Morgan fingerprint density at radius 2 is 2.00 bits per heavy atom. The first-order chi connectivity index (χ1) is 7.22. The molecule has 0 heterocycles. The van der Waals surface area contributed by atoms with Crippen molar-refractivity contribution in [1.82, 2.24) is 5.32 Å². The molecule has 1 amide bonds. The van der Waals surface area contributed by atoms with Crippen molar-refractivity contribution in [3.8, 4) is 0 Å². The highest BCUT2D eigenvalue weighted by Gasteiger charge is 2.67. The highest BCUT2D eigenvalue weighted by atomic mass is 16.2. The van der Waals surface area contributed by atoms with E-state index in [2.05, 4.69) is 5.32 Å². The van der Waals surface area contributed by atoms with Gasteiger partial charge in [-0.3, -0.25) is 4.79 Å². The van der Waals surface area contributed by atoms with Crippen molar-refractivity contribution >= 4 is 5.91 Å². The Bertz CT molecular complexity index is 275. The van der Waals surface area contributed by atoms with Crippen molar-refractivity contribution in [2.24, 2.45) is 35.3 Å². The fourth-order valence-electron chi connectivity index (χ4n) is 4.07. The number of carbonyl (C=O) groups excluding carboxylic acids is 1. The lowest BCUT2D eigenvalue weighted by atomic mass is 10.0. The van der Waals surface area contributed by atoms with Crippen molar-refractivity contribution in [3.05, 3.63) is 0 Å². The minimum absolute atomic E-state index is 0.136. The molecule has 3 saturated carbocycles. The number of hydrogen-bond donors (Lipinski definition) is 2. The SMILES string of the molecule is C[C@H](CN)NC(=O)C1C2C3CCC(C3)C12. The third kappa shape index (κ3) is 1.32. The summed E-state index contributed by atoms with van der Waals surface area (Å²) in [5.74, 6) is 3.88. The number of hydrogen-bond acceptors (Lipinski definition) is 2. The van der Waals surface area contributed by atoms with E-state index in [0.717, 1.165) is 23.7 Å². The minimum Gasteiger partial charge on any atom is -0.352 e. The fraction of sp³-hybridized carbons (Fsp3) is 0.917. The van der Waals surface area contributed by atoms with E-state index in [9.17, 15) is 4.79 Å². The van der Waals surface area contributed by atoms with Crippen LogP contribution >= 0.6 is 0 Å². The summed E-state index contributed by atoms with van der Waals surface area (Å²) in [5.41, 5.74) is 5.51. The highest BCUT2D eigenvalue weighted by molar-refractivity contribution is 5.83. The summed E-state index contributed by atoms with van der Waals surface area (Å²) in [4.78, 5) is 11.9. The molecule has 3 N–H and O–H groups in total. The third-order valence-electron chi connectivity index (χ3n) is 4.78. The molecular weight excluding hydrogens is 188 g/mol. The number of nitrogens with two attached hydrogens (primary N) is 1. The third-order valence-corrected chi connectivity index (χ3v) is 4.78. The largest absolute Gasteiger partial charge is 0.352 e. The maximum atomic E-state index is 11.9. The first kappa shape index (κ1) is 9.64. The zero-order chi connectivity index (χ0) is 10.6. The van der Waals surface area contributed by atoms with Gasteiger partial charge in [0.15, 0.2) is 0 Å². The minimum atomic E-state index is 0.136. The fourth-order valence-corrected chi connectivity index (χ4v) is 4.07. The molecule has 84 valence electrons. The second-order valence-corrected chi connectivity index (χ2v) is 5.66. The lowest BCUT2D eigenvalue weighted by molar-refractivity contribution is -0.123. The molecule has 3 fully saturated rings. The number of carbonyl (C=O) groups is 1. The average molecular weight is 208 g/mol. The average Bonchev–Trinajstić information content (AvgIpc) is 2.68. The Morgan fingerprint density at radius 1 is 1.40 bits per heavy atom. The molecule has 0 aromatic rings. The number of nitrogens with one attached hydrogen (secondary N) is 1. The molecule has 4 unspecified atom stereocenters. The summed E-state index contributed by atoms with van der Waals surface area (Å²) in [6, 6.07) is 0.136. The van der Waals surface area contributed by atoms with Gasteiger partial charge in [-0.05, 0) is 49.9 Å². The highest BCUT2D eigenvalue weighted by Crippen LogP contribution is 2.69. The van der Waals surface area contributed by atoms with E-state index >= 15 is 0 Å². The van der Waals surface area contributed by atoms with Gasteiger partial charge in [0, 0.05) is 18.5 Å². The zero-order valence-corrected chi connectivity index (χ0v) is 9.28. The first-order valence-electron chi connectivity index (χ1n) is 6.22. The van der Waals surface area contributed by atoms with Gasteiger partial charge in [0.1, 0.15) is 0 Å². The van der Waals surface area contributed by atoms with E-state index in [1.54, 1.807) is 0 Å².